The Morgan fingerprint density at radius 3 is 2.04 bits per heavy atom. The van der Waals surface area contributed by atoms with Gasteiger partial charge in [0.2, 0.25) is 0 Å². The van der Waals surface area contributed by atoms with Gasteiger partial charge in [-0.2, -0.15) is 13.2 Å². The third-order valence-corrected chi connectivity index (χ3v) is 5.21. The molecule has 2 aromatic carbocycles. The van der Waals surface area contributed by atoms with Crippen LogP contribution in [-0.2, 0) is 9.84 Å². The predicted molar refractivity (Wildman–Crippen MR) is 94.3 cm³/mol. The molecule has 27 heavy (non-hydrogen) atoms. The number of amides is 2. The largest absolute Gasteiger partial charge is 0.501 e. The lowest BCUT2D eigenvalue weighted by Gasteiger charge is -2.13. The molecule has 0 atom stereocenters. The predicted octanol–water partition coefficient (Wildman–Crippen LogP) is 4.83. The molecule has 0 aliphatic rings. The maximum atomic E-state index is 12.5. The fraction of sp³-hybridized carbons (Fsp3) is 0.133. The number of alkyl halides is 3. The lowest BCUT2D eigenvalue weighted by atomic mass is 10.3. The van der Waals surface area contributed by atoms with Crippen LogP contribution in [0.1, 0.15) is 0 Å². The summed E-state index contributed by atoms with van der Waals surface area (Å²) in [5.74, 6) is -0.0147. The van der Waals surface area contributed by atoms with Crippen LogP contribution in [0.25, 0.3) is 0 Å². The molecule has 2 rings (SSSR count). The van der Waals surface area contributed by atoms with E-state index in [2.05, 4.69) is 10.6 Å². The van der Waals surface area contributed by atoms with Gasteiger partial charge in [0.15, 0.2) is 5.75 Å². The number of hydrogen-bond acceptors (Lipinski definition) is 4. The zero-order valence-electron chi connectivity index (χ0n) is 13.4. The van der Waals surface area contributed by atoms with E-state index in [0.29, 0.717) is 0 Å². The van der Waals surface area contributed by atoms with Crippen LogP contribution in [0.2, 0.25) is 10.0 Å². The number of hydrogen-bond donors (Lipinski definition) is 2. The van der Waals surface area contributed by atoms with Crippen molar-refractivity contribution in [3.05, 3.63) is 46.4 Å². The van der Waals surface area contributed by atoms with Crippen molar-refractivity contribution in [2.45, 2.75) is 10.4 Å². The molecule has 0 saturated carbocycles. The van der Waals surface area contributed by atoms with E-state index < -0.39 is 26.3 Å². The number of anilines is 1. The number of benzene rings is 2. The second-order valence-corrected chi connectivity index (χ2v) is 7.75. The van der Waals surface area contributed by atoms with E-state index in [4.69, 9.17) is 27.9 Å². The van der Waals surface area contributed by atoms with Crippen molar-refractivity contribution in [2.24, 2.45) is 0 Å². The summed E-state index contributed by atoms with van der Waals surface area (Å²) in [5.41, 5.74) is -5.13. The van der Waals surface area contributed by atoms with Crippen molar-refractivity contribution in [2.75, 3.05) is 12.4 Å². The van der Waals surface area contributed by atoms with Crippen LogP contribution in [0.15, 0.2) is 41.3 Å². The smallest absolute Gasteiger partial charge is 0.454 e. The standard InChI is InChI=1S/C15H11Cl2F3N2O4S/c1-21-14(23)22-8-6-11(16)13(12(17)7-8)26-9-2-4-10(5-3-9)27(24,25)15(18,19)20/h2-7H,1H3,(H2,21,22,23). The number of rotatable bonds is 4. The van der Waals surface area contributed by atoms with Crippen LogP contribution in [0.4, 0.5) is 23.7 Å². The van der Waals surface area contributed by atoms with Gasteiger partial charge < -0.3 is 15.4 Å². The van der Waals surface area contributed by atoms with E-state index in [1.165, 1.54) is 19.2 Å². The summed E-state index contributed by atoms with van der Waals surface area (Å²) in [6.07, 6.45) is 0. The Balaban J connectivity index is 2.26. The summed E-state index contributed by atoms with van der Waals surface area (Å²) < 4.78 is 65.7. The maximum Gasteiger partial charge on any atom is 0.501 e. The minimum absolute atomic E-state index is 0.00642. The van der Waals surface area contributed by atoms with Crippen LogP contribution in [0.3, 0.4) is 0 Å². The lowest BCUT2D eigenvalue weighted by molar-refractivity contribution is -0.0436. The van der Waals surface area contributed by atoms with Gasteiger partial charge in [-0.05, 0) is 36.4 Å². The number of sulfone groups is 1. The zero-order valence-corrected chi connectivity index (χ0v) is 15.7. The molecule has 0 aliphatic carbocycles. The maximum absolute atomic E-state index is 12.5. The normalized spacial score (nSPS) is 11.8. The first-order valence-electron chi connectivity index (χ1n) is 7.02. The Labute approximate surface area is 162 Å². The fourth-order valence-corrected chi connectivity index (χ4v) is 3.19. The van der Waals surface area contributed by atoms with E-state index in [0.717, 1.165) is 24.3 Å². The number of halogens is 5. The lowest BCUT2D eigenvalue weighted by Crippen LogP contribution is -2.24. The molecule has 0 bridgehead atoms. The minimum atomic E-state index is -5.46. The summed E-state index contributed by atoms with van der Waals surface area (Å²) in [6, 6.07) is 5.76. The second-order valence-electron chi connectivity index (χ2n) is 5.00. The van der Waals surface area contributed by atoms with E-state index in [1.807, 2.05) is 0 Å². The molecule has 0 aromatic heterocycles. The summed E-state index contributed by atoms with van der Waals surface area (Å²) in [6.45, 7) is 0. The van der Waals surface area contributed by atoms with Gasteiger partial charge in [-0.3, -0.25) is 0 Å². The molecular weight excluding hydrogens is 432 g/mol. The van der Waals surface area contributed by atoms with Crippen molar-refractivity contribution in [1.29, 1.82) is 0 Å². The first kappa shape index (κ1) is 21.1. The van der Waals surface area contributed by atoms with Gasteiger partial charge in [0.25, 0.3) is 9.84 Å². The Morgan fingerprint density at radius 1 is 1.07 bits per heavy atom. The van der Waals surface area contributed by atoms with E-state index >= 15 is 0 Å². The van der Waals surface area contributed by atoms with Gasteiger partial charge in [0, 0.05) is 12.7 Å². The van der Waals surface area contributed by atoms with Crippen LogP contribution in [0.5, 0.6) is 11.5 Å². The highest BCUT2D eigenvalue weighted by Gasteiger charge is 2.46. The third kappa shape index (κ3) is 4.76. The van der Waals surface area contributed by atoms with Gasteiger partial charge >= 0.3 is 11.5 Å². The molecule has 2 amide bonds. The Bertz CT molecular complexity index is 941. The molecule has 0 heterocycles. The molecule has 2 N–H and O–H groups in total. The molecular formula is C15H11Cl2F3N2O4S. The van der Waals surface area contributed by atoms with E-state index in [1.54, 1.807) is 0 Å². The van der Waals surface area contributed by atoms with E-state index in [-0.39, 0.29) is 27.2 Å². The number of ether oxygens (including phenoxy) is 1. The Hall–Kier alpha value is -2.17. The molecule has 6 nitrogen and oxygen atoms in total. The second kappa shape index (κ2) is 7.83. The van der Waals surface area contributed by atoms with Crippen molar-refractivity contribution in [3.63, 3.8) is 0 Å². The highest BCUT2D eigenvalue weighted by Crippen LogP contribution is 2.39. The zero-order chi connectivity index (χ0) is 20.4. The number of urea groups is 1. The Kier molecular flexibility index (Phi) is 6.13. The van der Waals surface area contributed by atoms with Gasteiger partial charge in [0.05, 0.1) is 14.9 Å². The van der Waals surface area contributed by atoms with Crippen LogP contribution < -0.4 is 15.4 Å². The van der Waals surface area contributed by atoms with Crippen LogP contribution in [-0.4, -0.2) is 27.0 Å². The third-order valence-electron chi connectivity index (χ3n) is 3.14. The molecule has 12 heteroatoms. The molecule has 2 aromatic rings. The van der Waals surface area contributed by atoms with Gasteiger partial charge in [-0.1, -0.05) is 23.2 Å². The summed E-state index contributed by atoms with van der Waals surface area (Å²) in [5, 5.41) is 4.82. The topological polar surface area (TPSA) is 84.5 Å². The highest BCUT2D eigenvalue weighted by molar-refractivity contribution is 7.92. The molecule has 0 fully saturated rings. The van der Waals surface area contributed by atoms with Crippen LogP contribution in [0, 0.1) is 0 Å². The van der Waals surface area contributed by atoms with Crippen molar-refractivity contribution < 1.29 is 31.1 Å². The van der Waals surface area contributed by atoms with Crippen LogP contribution >= 0.6 is 23.2 Å². The average molecular weight is 443 g/mol. The van der Waals surface area contributed by atoms with Crippen molar-refractivity contribution in [1.82, 2.24) is 5.32 Å². The first-order chi connectivity index (χ1) is 12.5. The molecule has 0 spiro atoms. The summed E-state index contributed by atoms with van der Waals surface area (Å²) in [4.78, 5) is 10.4. The molecule has 0 radical (unpaired) electrons. The number of nitrogens with one attached hydrogen (secondary N) is 2. The van der Waals surface area contributed by atoms with Crippen molar-refractivity contribution >= 4 is 44.8 Å². The van der Waals surface area contributed by atoms with Gasteiger partial charge in [-0.25, -0.2) is 13.2 Å². The molecule has 0 aliphatic heterocycles. The number of carbonyl (C=O) groups excluding carboxylic acids is 1. The molecule has 0 saturated heterocycles. The monoisotopic (exact) mass is 442 g/mol. The highest BCUT2D eigenvalue weighted by atomic mass is 35.5. The molecule has 0 unspecified atom stereocenters. The van der Waals surface area contributed by atoms with Gasteiger partial charge in [-0.15, -0.1) is 0 Å². The van der Waals surface area contributed by atoms with Gasteiger partial charge in [0.1, 0.15) is 5.75 Å². The molecule has 146 valence electrons. The summed E-state index contributed by atoms with van der Waals surface area (Å²) in [7, 11) is -4.04. The quantitative estimate of drug-likeness (QED) is 0.709. The Morgan fingerprint density at radius 2 is 1.59 bits per heavy atom. The summed E-state index contributed by atoms with van der Waals surface area (Å²) >= 11 is 12.1. The fourth-order valence-electron chi connectivity index (χ4n) is 1.86. The first-order valence-corrected chi connectivity index (χ1v) is 9.26. The average Bonchev–Trinajstić information content (AvgIpc) is 2.57. The van der Waals surface area contributed by atoms with E-state index in [9.17, 15) is 26.4 Å². The SMILES string of the molecule is CNC(=O)Nc1cc(Cl)c(Oc2ccc(S(=O)(=O)C(F)(F)F)cc2)c(Cl)c1. The minimum Gasteiger partial charge on any atom is -0.454 e. The number of carbonyl (C=O) groups is 1. The van der Waals surface area contributed by atoms with Crippen molar-refractivity contribution in [3.8, 4) is 11.5 Å².